The second kappa shape index (κ2) is 6.63. The molecular weight excluding hydrogens is 250 g/mol. The van der Waals surface area contributed by atoms with E-state index in [-0.39, 0.29) is 11.3 Å². The first-order valence-corrected chi connectivity index (χ1v) is 6.11. The Hall–Kier alpha value is -1.47. The van der Waals surface area contributed by atoms with Gasteiger partial charge in [0.25, 0.3) is 0 Å². The number of hydrogen-bond acceptors (Lipinski definition) is 5. The zero-order valence-corrected chi connectivity index (χ0v) is 11.8. The van der Waals surface area contributed by atoms with Crippen LogP contribution in [0.5, 0.6) is 0 Å². The number of nitrogens with zero attached hydrogens (tertiary/aromatic N) is 3. The van der Waals surface area contributed by atoms with Gasteiger partial charge in [0.1, 0.15) is 0 Å². The van der Waals surface area contributed by atoms with E-state index in [1.807, 2.05) is 13.8 Å². The highest BCUT2D eigenvalue weighted by Gasteiger charge is 2.21. The van der Waals surface area contributed by atoms with Gasteiger partial charge in [-0.1, -0.05) is 5.21 Å². The van der Waals surface area contributed by atoms with Crippen molar-refractivity contribution in [2.45, 2.75) is 38.8 Å². The average molecular weight is 271 g/mol. The van der Waals surface area contributed by atoms with Crippen LogP contribution in [-0.2, 0) is 22.4 Å². The Morgan fingerprint density at radius 1 is 1.42 bits per heavy atom. The normalized spacial score (nSPS) is 11.8. The SMILES string of the molecule is COCCc1c(C(=O)O)nnn1CCC(C)(C)OC. The quantitative estimate of drug-likeness (QED) is 0.758. The summed E-state index contributed by atoms with van der Waals surface area (Å²) in [6.45, 7) is 4.93. The molecule has 1 N–H and O–H groups in total. The molecule has 0 unspecified atom stereocenters. The maximum absolute atomic E-state index is 11.1. The summed E-state index contributed by atoms with van der Waals surface area (Å²) in [5.74, 6) is -1.07. The summed E-state index contributed by atoms with van der Waals surface area (Å²) in [4.78, 5) is 11.1. The summed E-state index contributed by atoms with van der Waals surface area (Å²) in [6.07, 6.45) is 1.18. The Balaban J connectivity index is 2.85. The van der Waals surface area contributed by atoms with E-state index in [4.69, 9.17) is 14.6 Å². The van der Waals surface area contributed by atoms with Crippen molar-refractivity contribution in [1.29, 1.82) is 0 Å². The standard InChI is InChI=1S/C12H21N3O4/c1-12(2,19-4)6-7-15-9(5-8-18-3)10(11(16)17)13-14-15/h5-8H2,1-4H3,(H,16,17). The average Bonchev–Trinajstić information content (AvgIpc) is 2.77. The van der Waals surface area contributed by atoms with Gasteiger partial charge in [0.15, 0.2) is 5.69 Å². The Kier molecular flexibility index (Phi) is 5.44. The third-order valence-electron chi connectivity index (χ3n) is 3.06. The van der Waals surface area contributed by atoms with Crippen LogP contribution < -0.4 is 0 Å². The Bertz CT molecular complexity index is 429. The number of ether oxygens (including phenoxy) is 2. The molecule has 0 atom stereocenters. The van der Waals surface area contributed by atoms with Gasteiger partial charge in [-0.25, -0.2) is 9.48 Å². The number of aromatic carboxylic acids is 1. The molecule has 19 heavy (non-hydrogen) atoms. The first-order chi connectivity index (χ1) is 8.91. The topological polar surface area (TPSA) is 86.5 Å². The highest BCUT2D eigenvalue weighted by Crippen LogP contribution is 2.16. The van der Waals surface area contributed by atoms with Crippen molar-refractivity contribution in [2.24, 2.45) is 0 Å². The lowest BCUT2D eigenvalue weighted by Crippen LogP contribution is -2.25. The fraction of sp³-hybridized carbons (Fsp3) is 0.750. The Labute approximate surface area is 112 Å². The molecule has 0 aliphatic heterocycles. The smallest absolute Gasteiger partial charge is 0.358 e. The lowest BCUT2D eigenvalue weighted by atomic mass is 10.1. The third kappa shape index (κ3) is 4.29. The summed E-state index contributed by atoms with van der Waals surface area (Å²) < 4.78 is 11.9. The number of aryl methyl sites for hydroxylation is 1. The van der Waals surface area contributed by atoms with Gasteiger partial charge in [-0.2, -0.15) is 0 Å². The Morgan fingerprint density at radius 3 is 2.63 bits per heavy atom. The van der Waals surface area contributed by atoms with Crippen LogP contribution in [0.3, 0.4) is 0 Å². The molecule has 0 radical (unpaired) electrons. The van der Waals surface area contributed by atoms with Gasteiger partial charge < -0.3 is 14.6 Å². The van der Waals surface area contributed by atoms with Gasteiger partial charge in [0, 0.05) is 27.2 Å². The molecule has 0 fully saturated rings. The molecular formula is C12H21N3O4. The number of carboxylic acids is 1. The lowest BCUT2D eigenvalue weighted by molar-refractivity contribution is 0.0110. The summed E-state index contributed by atoms with van der Waals surface area (Å²) >= 11 is 0. The minimum Gasteiger partial charge on any atom is -0.476 e. The van der Waals surface area contributed by atoms with E-state index in [2.05, 4.69) is 10.3 Å². The Morgan fingerprint density at radius 2 is 2.11 bits per heavy atom. The third-order valence-corrected chi connectivity index (χ3v) is 3.06. The number of carbonyl (C=O) groups is 1. The molecule has 1 rings (SSSR count). The molecule has 0 saturated carbocycles. The summed E-state index contributed by atoms with van der Waals surface area (Å²) in [6, 6.07) is 0. The maximum Gasteiger partial charge on any atom is 0.358 e. The first-order valence-electron chi connectivity index (χ1n) is 6.11. The van der Waals surface area contributed by atoms with E-state index >= 15 is 0 Å². The van der Waals surface area contributed by atoms with E-state index in [1.165, 1.54) is 0 Å². The lowest BCUT2D eigenvalue weighted by Gasteiger charge is -2.22. The molecule has 0 saturated heterocycles. The summed E-state index contributed by atoms with van der Waals surface area (Å²) in [5, 5.41) is 16.7. The van der Waals surface area contributed by atoms with Gasteiger partial charge in [0.05, 0.1) is 17.9 Å². The zero-order chi connectivity index (χ0) is 14.5. The second-order valence-corrected chi connectivity index (χ2v) is 4.87. The van der Waals surface area contributed by atoms with Gasteiger partial charge in [0.2, 0.25) is 0 Å². The minimum absolute atomic E-state index is 0.00715. The van der Waals surface area contributed by atoms with Gasteiger partial charge in [-0.3, -0.25) is 0 Å². The van der Waals surface area contributed by atoms with Crippen molar-refractivity contribution >= 4 is 5.97 Å². The predicted octanol–water partition coefficient (Wildman–Crippen LogP) is 0.980. The minimum atomic E-state index is -1.07. The monoisotopic (exact) mass is 271 g/mol. The van der Waals surface area contributed by atoms with Crippen molar-refractivity contribution in [3.63, 3.8) is 0 Å². The fourth-order valence-electron chi connectivity index (χ4n) is 1.60. The summed E-state index contributed by atoms with van der Waals surface area (Å²) in [7, 11) is 3.22. The van der Waals surface area contributed by atoms with Crippen molar-refractivity contribution in [3.8, 4) is 0 Å². The first kappa shape index (κ1) is 15.6. The van der Waals surface area contributed by atoms with Crippen LogP contribution in [0.4, 0.5) is 0 Å². The van der Waals surface area contributed by atoms with E-state index in [0.717, 1.165) is 0 Å². The number of hydrogen-bond donors (Lipinski definition) is 1. The molecule has 0 aliphatic carbocycles. The highest BCUT2D eigenvalue weighted by molar-refractivity contribution is 5.86. The van der Waals surface area contributed by atoms with Crippen molar-refractivity contribution in [1.82, 2.24) is 15.0 Å². The molecule has 7 heteroatoms. The van der Waals surface area contributed by atoms with E-state index < -0.39 is 5.97 Å². The van der Waals surface area contributed by atoms with Crippen LogP contribution in [0.15, 0.2) is 0 Å². The van der Waals surface area contributed by atoms with E-state index in [1.54, 1.807) is 18.9 Å². The predicted molar refractivity (Wildman–Crippen MR) is 68.3 cm³/mol. The van der Waals surface area contributed by atoms with E-state index in [9.17, 15) is 4.79 Å². The number of aromatic nitrogens is 3. The highest BCUT2D eigenvalue weighted by atomic mass is 16.5. The fourth-order valence-corrected chi connectivity index (χ4v) is 1.60. The molecule has 1 aromatic heterocycles. The van der Waals surface area contributed by atoms with Crippen LogP contribution in [0.2, 0.25) is 0 Å². The van der Waals surface area contributed by atoms with Gasteiger partial charge >= 0.3 is 5.97 Å². The maximum atomic E-state index is 11.1. The zero-order valence-electron chi connectivity index (χ0n) is 11.8. The van der Waals surface area contributed by atoms with Gasteiger partial charge in [-0.05, 0) is 20.3 Å². The largest absolute Gasteiger partial charge is 0.476 e. The molecule has 1 heterocycles. The van der Waals surface area contributed by atoms with Crippen molar-refractivity contribution < 1.29 is 19.4 Å². The number of rotatable bonds is 8. The van der Waals surface area contributed by atoms with Crippen LogP contribution >= 0.6 is 0 Å². The van der Waals surface area contributed by atoms with Crippen LogP contribution in [0.25, 0.3) is 0 Å². The van der Waals surface area contributed by atoms with Crippen molar-refractivity contribution in [3.05, 3.63) is 11.4 Å². The molecule has 0 bridgehead atoms. The van der Waals surface area contributed by atoms with Crippen LogP contribution in [0, 0.1) is 0 Å². The molecule has 1 aromatic rings. The molecule has 108 valence electrons. The van der Waals surface area contributed by atoms with Gasteiger partial charge in [-0.15, -0.1) is 5.10 Å². The second-order valence-electron chi connectivity index (χ2n) is 4.87. The van der Waals surface area contributed by atoms with Crippen molar-refractivity contribution in [2.75, 3.05) is 20.8 Å². The summed E-state index contributed by atoms with van der Waals surface area (Å²) in [5.41, 5.74) is 0.293. The molecule has 0 aliphatic rings. The molecule has 0 amide bonds. The van der Waals surface area contributed by atoms with E-state index in [0.29, 0.717) is 31.7 Å². The molecule has 7 nitrogen and oxygen atoms in total. The molecule has 0 spiro atoms. The number of carboxylic acid groups (broad SMARTS) is 1. The number of methoxy groups -OCH3 is 2. The van der Waals surface area contributed by atoms with Crippen LogP contribution in [0.1, 0.15) is 36.5 Å². The van der Waals surface area contributed by atoms with Crippen LogP contribution in [-0.4, -0.2) is 52.5 Å². The molecule has 0 aromatic carbocycles.